The summed E-state index contributed by atoms with van der Waals surface area (Å²) >= 11 is 7.44. The minimum Gasteiger partial charge on any atom is -0.274 e. The van der Waals surface area contributed by atoms with Gasteiger partial charge in [0.05, 0.1) is 21.5 Å². The van der Waals surface area contributed by atoms with Crippen LogP contribution in [0.15, 0.2) is 40.3 Å². The average molecular weight is 1100 g/mol. The highest BCUT2D eigenvalue weighted by molar-refractivity contribution is 9.11. The summed E-state index contributed by atoms with van der Waals surface area (Å²) in [7, 11) is 0. The average Bonchev–Trinajstić information content (AvgIpc) is 3.75. The number of unbranched alkanes of at least 4 members (excludes halogenated alkanes) is 32. The third-order valence-corrected chi connectivity index (χ3v) is 17.2. The van der Waals surface area contributed by atoms with Crippen LogP contribution in [0.4, 0.5) is 0 Å². The molecule has 4 rings (SSSR count). The Morgan fingerprint density at radius 2 is 0.514 bits per heavy atom. The van der Waals surface area contributed by atoms with Crippen molar-refractivity contribution in [3.05, 3.63) is 62.5 Å². The fraction of sp³-hybridized carbons (Fsp3) is 0.774. The summed E-state index contributed by atoms with van der Waals surface area (Å²) in [6.07, 6.45) is 49.9. The van der Waals surface area contributed by atoms with Crippen molar-refractivity contribution >= 4 is 64.2 Å². The molecule has 2 heterocycles. The number of hydrogen-bond acceptors (Lipinski definition) is 4. The fourth-order valence-corrected chi connectivity index (χ4v) is 12.7. The van der Waals surface area contributed by atoms with Gasteiger partial charge in [0.25, 0.3) is 22.2 Å². The van der Waals surface area contributed by atoms with Gasteiger partial charge in [-0.25, -0.2) is 0 Å². The van der Waals surface area contributed by atoms with Crippen molar-refractivity contribution in [1.29, 1.82) is 0 Å². The van der Waals surface area contributed by atoms with Crippen LogP contribution in [0.2, 0.25) is 0 Å². The van der Waals surface area contributed by atoms with Crippen molar-refractivity contribution in [3.63, 3.8) is 0 Å². The summed E-state index contributed by atoms with van der Waals surface area (Å²) in [6.45, 7) is 9.91. The zero-order chi connectivity index (χ0) is 50.4. The van der Waals surface area contributed by atoms with Gasteiger partial charge in [-0.2, -0.15) is 0 Å². The second kappa shape index (κ2) is 36.0. The maximum Gasteiger partial charge on any atom is 0.262 e. The molecule has 4 aromatic rings. The SMILES string of the molecule is CCCCCCCCCCCCC(CCCCCCCCCC)Cn1c(=O)c2c(Br)cc3c(cc(Br)c4c(=O)n(CC(CCCCCCCCCC)CCCCCCCCCCCC)c(=O)c43)c2c1=O. The summed E-state index contributed by atoms with van der Waals surface area (Å²) in [5.41, 5.74) is -1.07. The van der Waals surface area contributed by atoms with Gasteiger partial charge in [0.15, 0.2) is 0 Å². The first kappa shape index (κ1) is 60.5. The molecule has 6 nitrogen and oxygen atoms in total. The molecule has 2 aromatic carbocycles. The van der Waals surface area contributed by atoms with Crippen molar-refractivity contribution in [2.75, 3.05) is 0 Å². The highest BCUT2D eigenvalue weighted by Gasteiger charge is 2.26. The van der Waals surface area contributed by atoms with Gasteiger partial charge in [-0.3, -0.25) is 28.3 Å². The topological polar surface area (TPSA) is 78.1 Å². The van der Waals surface area contributed by atoms with Crippen LogP contribution in [0.25, 0.3) is 32.3 Å². The molecular formula is C62H100Br2N2O4. The van der Waals surface area contributed by atoms with Crippen molar-refractivity contribution in [2.24, 2.45) is 11.8 Å². The van der Waals surface area contributed by atoms with E-state index in [2.05, 4.69) is 59.6 Å². The summed E-state index contributed by atoms with van der Waals surface area (Å²) in [6, 6.07) is 3.65. The molecule has 396 valence electrons. The van der Waals surface area contributed by atoms with E-state index in [1.165, 1.54) is 215 Å². The Morgan fingerprint density at radius 3 is 0.743 bits per heavy atom. The predicted molar refractivity (Wildman–Crippen MR) is 312 cm³/mol. The van der Waals surface area contributed by atoms with E-state index in [0.29, 0.717) is 54.4 Å². The van der Waals surface area contributed by atoms with E-state index in [0.717, 1.165) is 51.4 Å². The van der Waals surface area contributed by atoms with Crippen LogP contribution in [0.1, 0.15) is 285 Å². The number of aromatic nitrogens is 2. The second-order valence-corrected chi connectivity index (χ2v) is 23.7. The lowest BCUT2D eigenvalue weighted by atomic mass is 9.93. The Labute approximate surface area is 442 Å². The van der Waals surface area contributed by atoms with Crippen molar-refractivity contribution in [2.45, 2.75) is 298 Å². The molecule has 0 saturated carbocycles. The van der Waals surface area contributed by atoms with E-state index < -0.39 is 0 Å². The number of halogens is 2. The first-order chi connectivity index (χ1) is 34.2. The van der Waals surface area contributed by atoms with E-state index >= 15 is 0 Å². The van der Waals surface area contributed by atoms with Crippen LogP contribution in [0.5, 0.6) is 0 Å². The first-order valence-electron chi connectivity index (χ1n) is 29.9. The molecule has 2 atom stereocenters. The van der Waals surface area contributed by atoms with E-state index in [1.54, 1.807) is 0 Å². The monoisotopic (exact) mass is 1090 g/mol. The van der Waals surface area contributed by atoms with Crippen LogP contribution in [-0.2, 0) is 13.1 Å². The zero-order valence-electron chi connectivity index (χ0n) is 45.3. The van der Waals surface area contributed by atoms with Crippen molar-refractivity contribution < 1.29 is 0 Å². The minimum atomic E-state index is -0.280. The van der Waals surface area contributed by atoms with Gasteiger partial charge < -0.3 is 0 Å². The highest BCUT2D eigenvalue weighted by atomic mass is 79.9. The number of benzene rings is 2. The van der Waals surface area contributed by atoms with Crippen LogP contribution in [-0.4, -0.2) is 9.13 Å². The van der Waals surface area contributed by atoms with Crippen LogP contribution in [0.3, 0.4) is 0 Å². The van der Waals surface area contributed by atoms with Gasteiger partial charge in [0.1, 0.15) is 0 Å². The second-order valence-electron chi connectivity index (χ2n) is 22.0. The van der Waals surface area contributed by atoms with Crippen LogP contribution >= 0.6 is 31.9 Å². The van der Waals surface area contributed by atoms with Crippen molar-refractivity contribution in [1.82, 2.24) is 9.13 Å². The summed E-state index contributed by atoms with van der Waals surface area (Å²) < 4.78 is 4.04. The van der Waals surface area contributed by atoms with Crippen LogP contribution in [0, 0.1) is 11.8 Å². The van der Waals surface area contributed by atoms with Gasteiger partial charge in [-0.05, 0) is 92.3 Å². The maximum absolute atomic E-state index is 14.7. The Hall–Kier alpha value is -2.06. The molecule has 0 aliphatic rings. The van der Waals surface area contributed by atoms with Crippen molar-refractivity contribution in [3.8, 4) is 0 Å². The van der Waals surface area contributed by atoms with E-state index in [-0.39, 0.29) is 34.1 Å². The molecular weight excluding hydrogens is 996 g/mol. The Morgan fingerprint density at radius 1 is 0.314 bits per heavy atom. The molecule has 0 radical (unpaired) electrons. The standard InChI is InChI=1S/C62H100Br2N2O4/c1-5-9-13-17-21-25-27-31-35-39-43-49(41-37-33-29-23-19-15-11-7-3)47-65-59(67)55-51-45-54(64)58-56(52(51)46-53(63)57(55)61(65)69)60(68)66(62(58)70)48-50(42-38-34-30-24-20-16-12-8-4)44-40-36-32-28-26-22-18-14-10-6-2/h45-46,49-50H,5-44,47-48H2,1-4H3. The quantitative estimate of drug-likeness (QED) is 0.0414. The largest absolute Gasteiger partial charge is 0.274 e. The molecule has 8 heteroatoms. The van der Waals surface area contributed by atoms with E-state index in [9.17, 15) is 19.2 Å². The molecule has 0 spiro atoms. The van der Waals surface area contributed by atoms with Gasteiger partial charge >= 0.3 is 0 Å². The molecule has 0 N–H and O–H groups in total. The molecule has 0 fully saturated rings. The Balaban J connectivity index is 1.56. The minimum absolute atomic E-state index is 0.254. The fourth-order valence-electron chi connectivity index (χ4n) is 11.5. The third-order valence-electron chi connectivity index (χ3n) is 15.9. The summed E-state index contributed by atoms with van der Waals surface area (Å²) in [4.78, 5) is 58.1. The molecule has 0 aliphatic heterocycles. The maximum atomic E-state index is 14.7. The van der Waals surface area contributed by atoms with Gasteiger partial charge in [-0.15, -0.1) is 0 Å². The molecule has 0 saturated heterocycles. The zero-order valence-corrected chi connectivity index (χ0v) is 48.5. The van der Waals surface area contributed by atoms with Gasteiger partial charge in [0, 0.05) is 22.0 Å². The lowest BCUT2D eigenvalue weighted by Gasteiger charge is -2.17. The number of fused-ring (bicyclic) bond motifs is 5. The molecule has 2 aromatic heterocycles. The Kier molecular flexibility index (Phi) is 31.1. The summed E-state index contributed by atoms with van der Waals surface area (Å²) in [5, 5.41) is 2.62. The van der Waals surface area contributed by atoms with E-state index in [4.69, 9.17) is 0 Å². The number of rotatable bonds is 44. The number of hydrogen-bond donors (Lipinski definition) is 0. The first-order valence-corrected chi connectivity index (χ1v) is 31.5. The van der Waals surface area contributed by atoms with Gasteiger partial charge in [-0.1, -0.05) is 259 Å². The third kappa shape index (κ3) is 20.0. The van der Waals surface area contributed by atoms with E-state index in [1.807, 2.05) is 12.1 Å². The lowest BCUT2D eigenvalue weighted by Crippen LogP contribution is -2.29. The smallest absolute Gasteiger partial charge is 0.262 e. The van der Waals surface area contributed by atoms with Gasteiger partial charge in [0.2, 0.25) is 0 Å². The summed E-state index contributed by atoms with van der Waals surface area (Å²) in [5.74, 6) is 0.508. The number of nitrogens with zero attached hydrogens (tertiary/aromatic N) is 2. The molecule has 0 aliphatic carbocycles. The lowest BCUT2D eigenvalue weighted by molar-refractivity contribution is 0.351. The molecule has 0 bridgehead atoms. The predicted octanol–water partition coefficient (Wildman–Crippen LogP) is 19.5. The highest BCUT2D eigenvalue weighted by Crippen LogP contribution is 2.36. The normalized spacial score (nSPS) is 12.9. The molecule has 70 heavy (non-hydrogen) atoms. The molecule has 0 amide bonds. The van der Waals surface area contributed by atoms with Crippen LogP contribution < -0.4 is 22.2 Å². The molecule has 2 unspecified atom stereocenters. The Bertz CT molecular complexity index is 2090.